The third-order valence-electron chi connectivity index (χ3n) is 5.22. The second-order valence-corrected chi connectivity index (χ2v) is 7.35. The van der Waals surface area contributed by atoms with Gasteiger partial charge >= 0.3 is 0 Å². The van der Waals surface area contributed by atoms with Crippen LogP contribution in [-0.2, 0) is 9.53 Å². The number of nitrogens with one attached hydrogen (secondary N) is 1. The first-order valence-electron chi connectivity index (χ1n) is 9.51. The summed E-state index contributed by atoms with van der Waals surface area (Å²) < 4.78 is 11.4. The topological polar surface area (TPSA) is 50.8 Å². The van der Waals surface area contributed by atoms with Crippen LogP contribution in [0.25, 0.3) is 0 Å². The maximum Gasteiger partial charge on any atom is 0.227 e. The Hall–Kier alpha value is -1.59. The molecule has 2 aliphatic rings. The van der Waals surface area contributed by atoms with E-state index in [9.17, 15) is 4.79 Å². The fourth-order valence-corrected chi connectivity index (χ4v) is 3.52. The van der Waals surface area contributed by atoms with E-state index >= 15 is 0 Å². The van der Waals surface area contributed by atoms with Gasteiger partial charge in [-0.25, -0.2) is 0 Å². The summed E-state index contributed by atoms with van der Waals surface area (Å²) in [5, 5.41) is 3.00. The Morgan fingerprint density at radius 3 is 2.36 bits per heavy atom. The van der Waals surface area contributed by atoms with Crippen LogP contribution in [0.15, 0.2) is 24.3 Å². The highest BCUT2D eigenvalue weighted by Gasteiger charge is 2.23. The number of hydrogen-bond donors (Lipinski definition) is 1. The van der Waals surface area contributed by atoms with E-state index in [1.54, 1.807) is 0 Å². The van der Waals surface area contributed by atoms with Crippen molar-refractivity contribution in [3.8, 4) is 5.75 Å². The maximum absolute atomic E-state index is 12.3. The number of hydrogen-bond acceptors (Lipinski definition) is 4. The Balaban J connectivity index is 1.46. The number of nitrogens with zero attached hydrogens (tertiary/aromatic N) is 1. The van der Waals surface area contributed by atoms with E-state index in [4.69, 9.17) is 9.47 Å². The number of anilines is 1. The summed E-state index contributed by atoms with van der Waals surface area (Å²) in [6, 6.07) is 8.37. The number of carbonyl (C=O) groups excluding carboxylic acids is 1. The van der Waals surface area contributed by atoms with Crippen molar-refractivity contribution in [1.82, 2.24) is 4.90 Å². The number of likely N-dealkylation sites (tertiary alicyclic amines) is 1. The SMILES string of the molecule is CC(C)N1CCC(Oc2ccc(NC(=O)C3CCOCC3)cc2)CC1. The fourth-order valence-electron chi connectivity index (χ4n) is 3.52. The average Bonchev–Trinajstić information content (AvgIpc) is 2.64. The third-order valence-corrected chi connectivity index (χ3v) is 5.22. The third kappa shape index (κ3) is 5.19. The van der Waals surface area contributed by atoms with Gasteiger partial charge in [0.25, 0.3) is 0 Å². The summed E-state index contributed by atoms with van der Waals surface area (Å²) in [4.78, 5) is 14.7. The molecule has 1 amide bonds. The fraction of sp³-hybridized carbons (Fsp3) is 0.650. The molecule has 0 radical (unpaired) electrons. The minimum Gasteiger partial charge on any atom is -0.490 e. The molecule has 1 aromatic carbocycles. The minimum atomic E-state index is 0.0656. The first-order valence-corrected chi connectivity index (χ1v) is 9.51. The largest absolute Gasteiger partial charge is 0.490 e. The molecule has 138 valence electrons. The first kappa shape index (κ1) is 18.2. The monoisotopic (exact) mass is 346 g/mol. The predicted molar refractivity (Wildman–Crippen MR) is 99.0 cm³/mol. The van der Waals surface area contributed by atoms with Crippen LogP contribution in [0.3, 0.4) is 0 Å². The zero-order chi connectivity index (χ0) is 17.6. The van der Waals surface area contributed by atoms with Crippen LogP contribution in [0, 0.1) is 5.92 Å². The van der Waals surface area contributed by atoms with E-state index < -0.39 is 0 Å². The van der Waals surface area contributed by atoms with Crippen LogP contribution in [0.5, 0.6) is 5.75 Å². The van der Waals surface area contributed by atoms with Crippen molar-refractivity contribution < 1.29 is 14.3 Å². The summed E-state index contributed by atoms with van der Waals surface area (Å²) in [5.41, 5.74) is 0.832. The van der Waals surface area contributed by atoms with Crippen molar-refractivity contribution >= 4 is 11.6 Å². The molecule has 1 N–H and O–H groups in total. The maximum atomic E-state index is 12.3. The van der Waals surface area contributed by atoms with Crippen molar-refractivity contribution in [3.05, 3.63) is 24.3 Å². The summed E-state index contributed by atoms with van der Waals surface area (Å²) in [6.07, 6.45) is 4.04. The van der Waals surface area contributed by atoms with Gasteiger partial charge in [-0.05, 0) is 63.8 Å². The van der Waals surface area contributed by atoms with Crippen LogP contribution in [-0.4, -0.2) is 49.3 Å². The lowest BCUT2D eigenvalue weighted by molar-refractivity contribution is -0.122. The average molecular weight is 346 g/mol. The smallest absolute Gasteiger partial charge is 0.227 e. The normalized spacial score (nSPS) is 20.6. The second-order valence-electron chi connectivity index (χ2n) is 7.35. The molecular formula is C20H30N2O3. The molecule has 2 saturated heterocycles. The van der Waals surface area contributed by atoms with Crippen molar-refractivity contribution in [2.45, 2.75) is 51.7 Å². The Bertz CT molecular complexity index is 545. The summed E-state index contributed by atoms with van der Waals surface area (Å²) in [7, 11) is 0. The molecule has 5 heteroatoms. The molecular weight excluding hydrogens is 316 g/mol. The van der Waals surface area contributed by atoms with E-state index in [0.717, 1.165) is 50.2 Å². The highest BCUT2D eigenvalue weighted by Crippen LogP contribution is 2.23. The van der Waals surface area contributed by atoms with Gasteiger partial charge in [0.1, 0.15) is 11.9 Å². The Kier molecular flexibility index (Phi) is 6.32. The quantitative estimate of drug-likeness (QED) is 0.889. The molecule has 0 spiro atoms. The van der Waals surface area contributed by atoms with Crippen LogP contribution < -0.4 is 10.1 Å². The lowest BCUT2D eigenvalue weighted by Crippen LogP contribution is -2.41. The van der Waals surface area contributed by atoms with E-state index in [1.165, 1.54) is 0 Å². The molecule has 2 aliphatic heterocycles. The Morgan fingerprint density at radius 2 is 1.76 bits per heavy atom. The van der Waals surface area contributed by atoms with Gasteiger partial charge < -0.3 is 19.7 Å². The zero-order valence-electron chi connectivity index (χ0n) is 15.4. The minimum absolute atomic E-state index is 0.0656. The van der Waals surface area contributed by atoms with E-state index in [0.29, 0.717) is 19.3 Å². The van der Waals surface area contributed by atoms with Gasteiger partial charge in [-0.3, -0.25) is 4.79 Å². The van der Waals surface area contributed by atoms with Crippen molar-refractivity contribution in [3.63, 3.8) is 0 Å². The van der Waals surface area contributed by atoms with Gasteiger partial charge in [0.15, 0.2) is 0 Å². The van der Waals surface area contributed by atoms with Gasteiger partial charge in [-0.1, -0.05) is 0 Å². The highest BCUT2D eigenvalue weighted by molar-refractivity contribution is 5.92. The van der Waals surface area contributed by atoms with Gasteiger partial charge in [0.2, 0.25) is 5.91 Å². The summed E-state index contributed by atoms with van der Waals surface area (Å²) in [5.74, 6) is 1.04. The van der Waals surface area contributed by atoms with Crippen LogP contribution in [0.1, 0.15) is 39.5 Å². The Morgan fingerprint density at radius 1 is 1.12 bits per heavy atom. The van der Waals surface area contributed by atoms with Gasteiger partial charge in [0.05, 0.1) is 0 Å². The van der Waals surface area contributed by atoms with Crippen LogP contribution in [0.2, 0.25) is 0 Å². The molecule has 0 aromatic heterocycles. The van der Waals surface area contributed by atoms with Crippen LogP contribution in [0.4, 0.5) is 5.69 Å². The molecule has 0 unspecified atom stereocenters. The predicted octanol–water partition coefficient (Wildman–Crippen LogP) is 3.30. The molecule has 3 rings (SSSR count). The lowest BCUT2D eigenvalue weighted by Gasteiger charge is -2.34. The summed E-state index contributed by atoms with van der Waals surface area (Å²) >= 11 is 0. The molecule has 2 heterocycles. The standard InChI is InChI=1S/C20H30N2O3/c1-15(2)22-11-7-19(8-12-22)25-18-5-3-17(4-6-18)21-20(23)16-9-13-24-14-10-16/h3-6,15-16,19H,7-14H2,1-2H3,(H,21,23). The molecule has 0 aliphatic carbocycles. The number of carbonyl (C=O) groups is 1. The van der Waals surface area contributed by atoms with E-state index in [-0.39, 0.29) is 17.9 Å². The molecule has 0 atom stereocenters. The van der Waals surface area contributed by atoms with Gasteiger partial charge in [-0.15, -0.1) is 0 Å². The van der Waals surface area contributed by atoms with Crippen molar-refractivity contribution in [2.24, 2.45) is 5.92 Å². The highest BCUT2D eigenvalue weighted by atomic mass is 16.5. The van der Waals surface area contributed by atoms with Crippen LogP contribution >= 0.6 is 0 Å². The Labute approximate surface area is 150 Å². The molecule has 2 fully saturated rings. The van der Waals surface area contributed by atoms with Gasteiger partial charge in [-0.2, -0.15) is 0 Å². The first-order chi connectivity index (χ1) is 12.1. The second kappa shape index (κ2) is 8.68. The number of piperidine rings is 1. The van der Waals surface area contributed by atoms with Crippen molar-refractivity contribution in [2.75, 3.05) is 31.6 Å². The number of rotatable bonds is 5. The van der Waals surface area contributed by atoms with E-state index in [1.807, 2.05) is 24.3 Å². The van der Waals surface area contributed by atoms with Crippen molar-refractivity contribution in [1.29, 1.82) is 0 Å². The number of benzene rings is 1. The molecule has 0 saturated carbocycles. The molecule has 1 aromatic rings. The summed E-state index contributed by atoms with van der Waals surface area (Å²) in [6.45, 7) is 8.05. The lowest BCUT2D eigenvalue weighted by atomic mass is 9.99. The van der Waals surface area contributed by atoms with E-state index in [2.05, 4.69) is 24.1 Å². The number of ether oxygens (including phenoxy) is 2. The molecule has 25 heavy (non-hydrogen) atoms. The number of amides is 1. The molecule has 5 nitrogen and oxygen atoms in total. The zero-order valence-corrected chi connectivity index (χ0v) is 15.4. The van der Waals surface area contributed by atoms with Gasteiger partial charge in [0, 0.05) is 44.0 Å². The molecule has 0 bridgehead atoms.